The number of anilines is 1. The molecular formula is C16H16F3N3O2. The van der Waals surface area contributed by atoms with Gasteiger partial charge in [-0.25, -0.2) is 13.2 Å². The number of rotatable bonds is 4. The van der Waals surface area contributed by atoms with Crippen LogP contribution in [0.2, 0.25) is 0 Å². The minimum absolute atomic E-state index is 0.0232. The first-order valence-corrected chi connectivity index (χ1v) is 7.01. The van der Waals surface area contributed by atoms with Crippen molar-refractivity contribution in [3.8, 4) is 0 Å². The van der Waals surface area contributed by atoms with E-state index in [4.69, 9.17) is 5.73 Å². The Hall–Kier alpha value is -2.77. The van der Waals surface area contributed by atoms with Gasteiger partial charge in [0.1, 0.15) is 5.82 Å². The number of nitrogens with one attached hydrogen (secondary N) is 1. The Kier molecular flexibility index (Phi) is 4.68. The first-order valence-electron chi connectivity index (χ1n) is 7.01. The number of aromatic nitrogens is 1. The van der Waals surface area contributed by atoms with Crippen LogP contribution in [0.3, 0.4) is 0 Å². The van der Waals surface area contributed by atoms with Crippen LogP contribution in [-0.2, 0) is 19.5 Å². The minimum atomic E-state index is -3.33. The fourth-order valence-corrected chi connectivity index (χ4v) is 2.16. The average molecular weight is 339 g/mol. The summed E-state index contributed by atoms with van der Waals surface area (Å²) >= 11 is 0. The third kappa shape index (κ3) is 3.58. The van der Waals surface area contributed by atoms with Crippen molar-refractivity contribution < 1.29 is 18.0 Å². The summed E-state index contributed by atoms with van der Waals surface area (Å²) in [6, 6.07) is 4.67. The van der Waals surface area contributed by atoms with E-state index in [9.17, 15) is 22.8 Å². The molecule has 0 aliphatic carbocycles. The normalized spacial score (nSPS) is 11.4. The lowest BCUT2D eigenvalue weighted by Crippen LogP contribution is -2.27. The van der Waals surface area contributed by atoms with Crippen LogP contribution in [-0.4, -0.2) is 10.5 Å². The number of nitrogen functional groups attached to an aromatic ring is 1. The van der Waals surface area contributed by atoms with Gasteiger partial charge in [0, 0.05) is 38.3 Å². The second-order valence-electron chi connectivity index (χ2n) is 5.44. The fourth-order valence-electron chi connectivity index (χ4n) is 2.16. The number of nitrogens with two attached hydrogens (primary N) is 1. The number of hydrogen-bond donors (Lipinski definition) is 2. The van der Waals surface area contributed by atoms with Crippen molar-refractivity contribution >= 4 is 11.6 Å². The van der Waals surface area contributed by atoms with Gasteiger partial charge >= 0.3 is 0 Å². The molecule has 0 saturated carbocycles. The van der Waals surface area contributed by atoms with Gasteiger partial charge in [-0.1, -0.05) is 18.2 Å². The number of alkyl halides is 2. The molecule has 0 saturated heterocycles. The fraction of sp³-hybridized carbons (Fsp3) is 0.250. The van der Waals surface area contributed by atoms with Crippen LogP contribution in [0.5, 0.6) is 0 Å². The van der Waals surface area contributed by atoms with Crippen LogP contribution < -0.4 is 16.6 Å². The molecule has 0 aliphatic heterocycles. The third-order valence-corrected chi connectivity index (χ3v) is 3.50. The summed E-state index contributed by atoms with van der Waals surface area (Å²) in [4.78, 5) is 23.5. The number of halogens is 3. The summed E-state index contributed by atoms with van der Waals surface area (Å²) in [5.41, 5.74) is 4.44. The van der Waals surface area contributed by atoms with Crippen molar-refractivity contribution in [2.45, 2.75) is 19.4 Å². The van der Waals surface area contributed by atoms with Gasteiger partial charge in [0.25, 0.3) is 17.4 Å². The predicted octanol–water partition coefficient (Wildman–Crippen LogP) is 2.15. The third-order valence-electron chi connectivity index (χ3n) is 3.50. The van der Waals surface area contributed by atoms with E-state index >= 15 is 0 Å². The van der Waals surface area contributed by atoms with Gasteiger partial charge in [-0.05, 0) is 0 Å². The molecule has 24 heavy (non-hydrogen) atoms. The quantitative estimate of drug-likeness (QED) is 0.896. The van der Waals surface area contributed by atoms with E-state index < -0.39 is 23.2 Å². The van der Waals surface area contributed by atoms with Crippen LogP contribution in [0.15, 0.2) is 35.3 Å². The smallest absolute Gasteiger partial charge is 0.273 e. The lowest BCUT2D eigenvalue weighted by atomic mass is 10.0. The van der Waals surface area contributed by atoms with Gasteiger partial charge in [-0.2, -0.15) is 0 Å². The number of hydrogen-bond acceptors (Lipinski definition) is 3. The molecule has 0 atom stereocenters. The van der Waals surface area contributed by atoms with E-state index in [0.29, 0.717) is 6.92 Å². The van der Waals surface area contributed by atoms with Crippen molar-refractivity contribution in [2.75, 3.05) is 5.73 Å². The van der Waals surface area contributed by atoms with E-state index in [1.54, 1.807) is 0 Å². The van der Waals surface area contributed by atoms with Gasteiger partial charge in [0.15, 0.2) is 0 Å². The highest BCUT2D eigenvalue weighted by Crippen LogP contribution is 2.30. The molecule has 0 radical (unpaired) electrons. The second kappa shape index (κ2) is 6.38. The van der Waals surface area contributed by atoms with E-state index in [1.165, 1.54) is 29.9 Å². The summed E-state index contributed by atoms with van der Waals surface area (Å²) in [5, 5.41) is 2.40. The van der Waals surface area contributed by atoms with Crippen LogP contribution in [0.1, 0.15) is 28.4 Å². The zero-order chi connectivity index (χ0) is 18.1. The number of amides is 1. The number of carbonyl (C=O) groups is 1. The molecule has 0 fully saturated rings. The summed E-state index contributed by atoms with van der Waals surface area (Å²) in [6.45, 7) is 0.301. The number of carbonyl (C=O) groups excluding carboxylic acids is 1. The highest BCUT2D eigenvalue weighted by molar-refractivity contribution is 5.98. The maximum atomic E-state index is 14.1. The van der Waals surface area contributed by atoms with Crippen LogP contribution in [0, 0.1) is 5.82 Å². The lowest BCUT2D eigenvalue weighted by molar-refractivity contribution is 0.0136. The number of benzene rings is 1. The lowest BCUT2D eigenvalue weighted by Gasteiger charge is -2.14. The Labute approximate surface area is 135 Å². The molecule has 1 amide bonds. The molecule has 2 rings (SSSR count). The molecular weight excluding hydrogens is 323 g/mol. The Balaban J connectivity index is 2.22. The van der Waals surface area contributed by atoms with Crippen molar-refractivity contribution in [2.24, 2.45) is 7.05 Å². The second-order valence-corrected chi connectivity index (χ2v) is 5.44. The summed E-state index contributed by atoms with van der Waals surface area (Å²) in [7, 11) is 1.45. The molecule has 1 aromatic heterocycles. The molecule has 2 aromatic rings. The van der Waals surface area contributed by atoms with E-state index in [2.05, 4.69) is 5.32 Å². The average Bonchev–Trinajstić information content (AvgIpc) is 2.48. The van der Waals surface area contributed by atoms with Crippen LogP contribution >= 0.6 is 0 Å². The van der Waals surface area contributed by atoms with Gasteiger partial charge in [0.05, 0.1) is 16.8 Å². The zero-order valence-electron chi connectivity index (χ0n) is 13.1. The Bertz CT molecular complexity index is 841. The predicted molar refractivity (Wildman–Crippen MR) is 83.2 cm³/mol. The highest BCUT2D eigenvalue weighted by Gasteiger charge is 2.29. The van der Waals surface area contributed by atoms with E-state index in [1.807, 2.05) is 0 Å². The molecule has 0 bridgehead atoms. The first kappa shape index (κ1) is 17.6. The number of aryl methyl sites for hydroxylation is 1. The van der Waals surface area contributed by atoms with Crippen LogP contribution in [0.25, 0.3) is 0 Å². The van der Waals surface area contributed by atoms with Crippen molar-refractivity contribution in [3.63, 3.8) is 0 Å². The summed E-state index contributed by atoms with van der Waals surface area (Å²) in [5.74, 6) is -5.04. The molecule has 5 nitrogen and oxygen atoms in total. The Morgan fingerprint density at radius 1 is 1.38 bits per heavy atom. The van der Waals surface area contributed by atoms with Gasteiger partial charge in [-0.3, -0.25) is 9.59 Å². The van der Waals surface area contributed by atoms with Crippen molar-refractivity contribution in [3.05, 3.63) is 63.3 Å². The van der Waals surface area contributed by atoms with Gasteiger partial charge in [0.2, 0.25) is 0 Å². The summed E-state index contributed by atoms with van der Waals surface area (Å²) < 4.78 is 41.9. The SMILES string of the molecule is Cn1cc(C(=O)NCc2cccc(C(C)(F)F)c2F)c(N)cc1=O. The number of pyridine rings is 1. The molecule has 0 aliphatic rings. The molecule has 0 unspecified atom stereocenters. The Morgan fingerprint density at radius 2 is 2.04 bits per heavy atom. The largest absolute Gasteiger partial charge is 0.398 e. The highest BCUT2D eigenvalue weighted by atomic mass is 19.3. The topological polar surface area (TPSA) is 77.1 Å². The maximum Gasteiger partial charge on any atom is 0.273 e. The maximum absolute atomic E-state index is 14.1. The monoisotopic (exact) mass is 339 g/mol. The van der Waals surface area contributed by atoms with Crippen molar-refractivity contribution in [1.82, 2.24) is 9.88 Å². The van der Waals surface area contributed by atoms with Crippen LogP contribution in [0.4, 0.5) is 18.9 Å². The molecule has 8 heteroatoms. The molecule has 3 N–H and O–H groups in total. The Morgan fingerprint density at radius 3 is 2.67 bits per heavy atom. The summed E-state index contributed by atoms with van der Waals surface area (Å²) in [6.07, 6.45) is 1.25. The zero-order valence-corrected chi connectivity index (χ0v) is 13.1. The molecule has 0 spiro atoms. The van der Waals surface area contributed by atoms with Gasteiger partial charge < -0.3 is 15.6 Å². The van der Waals surface area contributed by atoms with Gasteiger partial charge in [-0.15, -0.1) is 0 Å². The molecule has 1 aromatic carbocycles. The van der Waals surface area contributed by atoms with Crippen molar-refractivity contribution in [1.29, 1.82) is 0 Å². The molecule has 128 valence electrons. The van der Waals surface area contributed by atoms with E-state index in [-0.39, 0.29) is 28.9 Å². The first-order chi connectivity index (χ1) is 11.1. The standard InChI is InChI=1S/C16H16F3N3O2/c1-16(18,19)11-5-3-4-9(14(11)17)7-21-15(24)10-8-22(2)13(23)6-12(10)20/h3-6,8H,7,20H2,1-2H3,(H,21,24). The van der Waals surface area contributed by atoms with E-state index in [0.717, 1.165) is 12.1 Å². The molecule has 1 heterocycles. The number of nitrogens with zero attached hydrogens (tertiary/aromatic N) is 1. The minimum Gasteiger partial charge on any atom is -0.398 e.